The van der Waals surface area contributed by atoms with Crippen LogP contribution in [0.25, 0.3) is 10.9 Å². The van der Waals surface area contributed by atoms with Crippen molar-refractivity contribution in [3.63, 3.8) is 0 Å². The normalized spacial score (nSPS) is 12.3. The molecule has 26 heavy (non-hydrogen) atoms. The molecule has 144 valence electrons. The molecule has 0 bridgehead atoms. The first-order valence-corrected chi connectivity index (χ1v) is 9.57. The van der Waals surface area contributed by atoms with Crippen LogP contribution in [0, 0.1) is 5.41 Å². The fourth-order valence-corrected chi connectivity index (χ4v) is 2.78. The molecule has 0 atom stereocenters. The number of fused-ring (bicyclic) bond motifs is 1. The first kappa shape index (κ1) is 20.6. The molecule has 0 aliphatic rings. The summed E-state index contributed by atoms with van der Waals surface area (Å²) in [6.45, 7) is 10.6. The van der Waals surface area contributed by atoms with Gasteiger partial charge in [0.2, 0.25) is 0 Å². The first-order valence-electron chi connectivity index (χ1n) is 9.57. The van der Waals surface area contributed by atoms with Crippen LogP contribution >= 0.6 is 0 Å². The Labute approximate surface area is 158 Å². The van der Waals surface area contributed by atoms with Crippen molar-refractivity contribution in [3.8, 4) is 0 Å². The molecular weight excluding hydrogens is 322 g/mol. The van der Waals surface area contributed by atoms with Crippen molar-refractivity contribution in [1.29, 1.82) is 0 Å². The Morgan fingerprint density at radius 2 is 1.73 bits per heavy atom. The molecule has 0 saturated heterocycles. The Bertz CT molecular complexity index is 690. The molecule has 0 saturated carbocycles. The van der Waals surface area contributed by atoms with Crippen LogP contribution in [-0.4, -0.2) is 60.5 Å². The van der Waals surface area contributed by atoms with E-state index in [1.165, 1.54) is 0 Å². The van der Waals surface area contributed by atoms with E-state index in [0.717, 1.165) is 61.6 Å². The van der Waals surface area contributed by atoms with Crippen LogP contribution in [0.5, 0.6) is 0 Å². The van der Waals surface area contributed by atoms with Gasteiger partial charge in [-0.05, 0) is 64.6 Å². The average Bonchev–Trinajstić information content (AvgIpc) is 2.56. The number of nitrogens with zero attached hydrogens (tertiary/aromatic N) is 4. The van der Waals surface area contributed by atoms with E-state index in [4.69, 9.17) is 9.97 Å². The van der Waals surface area contributed by atoms with Crippen molar-refractivity contribution in [3.05, 3.63) is 30.1 Å². The number of nitrogens with one attached hydrogen (secondary N) is 1. The lowest BCUT2D eigenvalue weighted by molar-refractivity contribution is 0.255. The Kier molecular flexibility index (Phi) is 7.35. The summed E-state index contributed by atoms with van der Waals surface area (Å²) in [7, 11) is 6.35. The van der Waals surface area contributed by atoms with Gasteiger partial charge in [-0.1, -0.05) is 32.9 Å². The summed E-state index contributed by atoms with van der Waals surface area (Å²) in [5.41, 5.74) is 1.36. The van der Waals surface area contributed by atoms with Gasteiger partial charge in [-0.2, -0.15) is 0 Å². The topological polar surface area (TPSA) is 44.3 Å². The fraction of sp³-hybridized carbons (Fsp3) is 0.619. The van der Waals surface area contributed by atoms with Gasteiger partial charge in [0.1, 0.15) is 11.6 Å². The summed E-state index contributed by atoms with van der Waals surface area (Å²) in [6.07, 6.45) is 2.25. The van der Waals surface area contributed by atoms with Crippen LogP contribution in [0.15, 0.2) is 24.3 Å². The molecule has 1 heterocycles. The quantitative estimate of drug-likeness (QED) is 0.690. The lowest BCUT2D eigenvalue weighted by atomic mass is 9.92. The Morgan fingerprint density at radius 3 is 2.42 bits per heavy atom. The highest BCUT2D eigenvalue weighted by molar-refractivity contribution is 5.88. The molecule has 1 aromatic heterocycles. The molecule has 5 heteroatoms. The second kappa shape index (κ2) is 9.28. The fourth-order valence-electron chi connectivity index (χ4n) is 2.78. The maximum absolute atomic E-state index is 4.82. The number of hydrogen-bond donors (Lipinski definition) is 1. The molecule has 2 rings (SSSR count). The van der Waals surface area contributed by atoms with Crippen LogP contribution in [0.3, 0.4) is 0 Å². The summed E-state index contributed by atoms with van der Waals surface area (Å²) < 4.78 is 0. The van der Waals surface area contributed by atoms with Gasteiger partial charge in [-0.3, -0.25) is 4.90 Å². The van der Waals surface area contributed by atoms with Crippen molar-refractivity contribution < 1.29 is 0 Å². The molecule has 0 fully saturated rings. The van der Waals surface area contributed by atoms with Gasteiger partial charge in [-0.15, -0.1) is 0 Å². The molecule has 0 unspecified atom stereocenters. The number of benzene rings is 1. The molecule has 0 aliphatic carbocycles. The van der Waals surface area contributed by atoms with Gasteiger partial charge in [0.05, 0.1) is 12.1 Å². The summed E-state index contributed by atoms with van der Waals surface area (Å²) in [5, 5.41) is 4.61. The molecule has 0 aliphatic heterocycles. The van der Waals surface area contributed by atoms with Gasteiger partial charge < -0.3 is 10.2 Å². The number of aromatic nitrogens is 2. The molecular formula is C21H35N5. The van der Waals surface area contributed by atoms with E-state index in [1.54, 1.807) is 0 Å². The van der Waals surface area contributed by atoms with Gasteiger partial charge in [0.25, 0.3) is 0 Å². The van der Waals surface area contributed by atoms with Crippen molar-refractivity contribution >= 4 is 16.7 Å². The highest BCUT2D eigenvalue weighted by Gasteiger charge is 2.13. The predicted molar refractivity (Wildman–Crippen MR) is 112 cm³/mol. The lowest BCUT2D eigenvalue weighted by Crippen LogP contribution is -2.24. The van der Waals surface area contributed by atoms with Crippen molar-refractivity contribution in [2.75, 3.05) is 46.1 Å². The van der Waals surface area contributed by atoms with Crippen LogP contribution in [0.1, 0.15) is 39.4 Å². The summed E-state index contributed by atoms with van der Waals surface area (Å²) in [4.78, 5) is 14.1. The molecule has 1 N–H and O–H groups in total. The maximum Gasteiger partial charge on any atom is 0.145 e. The minimum absolute atomic E-state index is 0.345. The number of anilines is 1. The van der Waals surface area contributed by atoms with Crippen LogP contribution in [0.4, 0.5) is 5.82 Å². The zero-order valence-corrected chi connectivity index (χ0v) is 17.3. The van der Waals surface area contributed by atoms with Crippen molar-refractivity contribution in [2.24, 2.45) is 5.41 Å². The van der Waals surface area contributed by atoms with E-state index in [9.17, 15) is 0 Å². The van der Waals surface area contributed by atoms with E-state index >= 15 is 0 Å². The zero-order chi connectivity index (χ0) is 19.2. The molecule has 0 amide bonds. The predicted octanol–water partition coefficient (Wildman–Crippen LogP) is 3.86. The SMILES string of the molecule is CN(C)CCCNc1nc(CN(C)CCC(C)(C)C)nc2ccccc12. The monoisotopic (exact) mass is 357 g/mol. The molecule has 1 aromatic carbocycles. The Morgan fingerprint density at radius 1 is 1.00 bits per heavy atom. The van der Waals surface area contributed by atoms with E-state index in [1.807, 2.05) is 12.1 Å². The molecule has 2 aromatic rings. The molecule has 0 radical (unpaired) electrons. The van der Waals surface area contributed by atoms with Gasteiger partial charge >= 0.3 is 0 Å². The smallest absolute Gasteiger partial charge is 0.145 e. The second-order valence-electron chi connectivity index (χ2n) is 8.64. The van der Waals surface area contributed by atoms with Gasteiger partial charge in [0.15, 0.2) is 0 Å². The third-order valence-electron chi connectivity index (χ3n) is 4.38. The van der Waals surface area contributed by atoms with E-state index < -0.39 is 0 Å². The van der Waals surface area contributed by atoms with Gasteiger partial charge in [0, 0.05) is 11.9 Å². The average molecular weight is 358 g/mol. The highest BCUT2D eigenvalue weighted by atomic mass is 15.1. The maximum atomic E-state index is 4.82. The standard InChI is InChI=1S/C21H35N5/c1-21(2,3)12-15-26(6)16-19-23-18-11-8-7-10-17(18)20(24-19)22-13-9-14-25(4)5/h7-8,10-11H,9,12-16H2,1-6H3,(H,22,23,24). The first-order chi connectivity index (χ1) is 12.2. The summed E-state index contributed by atoms with van der Waals surface area (Å²) >= 11 is 0. The number of rotatable bonds is 9. The van der Waals surface area contributed by atoms with Crippen LogP contribution in [-0.2, 0) is 6.54 Å². The van der Waals surface area contributed by atoms with Crippen LogP contribution in [0.2, 0.25) is 0 Å². The third-order valence-corrected chi connectivity index (χ3v) is 4.38. The van der Waals surface area contributed by atoms with Gasteiger partial charge in [-0.25, -0.2) is 9.97 Å². The highest BCUT2D eigenvalue weighted by Crippen LogP contribution is 2.22. The third kappa shape index (κ3) is 6.89. The largest absolute Gasteiger partial charge is 0.369 e. The Hall–Kier alpha value is -1.72. The number of hydrogen-bond acceptors (Lipinski definition) is 5. The zero-order valence-electron chi connectivity index (χ0n) is 17.3. The molecule has 5 nitrogen and oxygen atoms in total. The van der Waals surface area contributed by atoms with E-state index in [-0.39, 0.29) is 0 Å². The van der Waals surface area contributed by atoms with Crippen molar-refractivity contribution in [2.45, 2.75) is 40.2 Å². The molecule has 0 spiro atoms. The lowest BCUT2D eigenvalue weighted by Gasteiger charge is -2.23. The Balaban J connectivity index is 2.09. The minimum Gasteiger partial charge on any atom is -0.369 e. The van der Waals surface area contributed by atoms with Crippen molar-refractivity contribution in [1.82, 2.24) is 19.8 Å². The summed E-state index contributed by atoms with van der Waals surface area (Å²) in [5.74, 6) is 1.84. The second-order valence-corrected chi connectivity index (χ2v) is 8.64. The number of para-hydroxylation sites is 1. The van der Waals surface area contributed by atoms with E-state index in [2.05, 4.69) is 69.2 Å². The van der Waals surface area contributed by atoms with Crippen LogP contribution < -0.4 is 5.32 Å². The van der Waals surface area contributed by atoms with E-state index in [0.29, 0.717) is 5.41 Å². The summed E-state index contributed by atoms with van der Waals surface area (Å²) in [6, 6.07) is 8.25. The minimum atomic E-state index is 0.345.